The zero-order valence-corrected chi connectivity index (χ0v) is 9.87. The van der Waals surface area contributed by atoms with Gasteiger partial charge in [0.05, 0.1) is 6.04 Å². The number of nitrogens with zero attached hydrogens (tertiary/aromatic N) is 2. The lowest BCUT2D eigenvalue weighted by molar-refractivity contribution is 0.418. The minimum atomic E-state index is -0.178. The van der Waals surface area contributed by atoms with E-state index in [4.69, 9.17) is 0 Å². The van der Waals surface area contributed by atoms with Crippen LogP contribution in [-0.2, 0) is 5.41 Å². The summed E-state index contributed by atoms with van der Waals surface area (Å²) in [7, 11) is 0. The van der Waals surface area contributed by atoms with Crippen LogP contribution in [0.3, 0.4) is 0 Å². The van der Waals surface area contributed by atoms with Gasteiger partial charge in [0.15, 0.2) is 0 Å². The van der Waals surface area contributed by atoms with E-state index in [9.17, 15) is 4.79 Å². The van der Waals surface area contributed by atoms with Gasteiger partial charge in [0, 0.05) is 5.41 Å². The predicted octanol–water partition coefficient (Wildman–Crippen LogP) is 1.84. The second kappa shape index (κ2) is 3.22. The molecule has 0 radical (unpaired) electrons. The highest BCUT2D eigenvalue weighted by Gasteiger charge is 2.32. The molecule has 1 saturated carbocycles. The van der Waals surface area contributed by atoms with Gasteiger partial charge in [-0.1, -0.05) is 20.8 Å². The van der Waals surface area contributed by atoms with Gasteiger partial charge < -0.3 is 0 Å². The number of aromatic amines is 1. The van der Waals surface area contributed by atoms with Gasteiger partial charge in [0.25, 0.3) is 5.56 Å². The monoisotopic (exact) mass is 209 g/mol. The van der Waals surface area contributed by atoms with Crippen LogP contribution >= 0.6 is 0 Å². The summed E-state index contributed by atoms with van der Waals surface area (Å²) in [5, 5.41) is 7.00. The fourth-order valence-corrected chi connectivity index (χ4v) is 1.87. The third kappa shape index (κ3) is 1.85. The third-order valence-electron chi connectivity index (χ3n) is 3.11. The maximum Gasteiger partial charge on any atom is 0.290 e. The molecule has 1 aromatic heterocycles. The van der Waals surface area contributed by atoms with Gasteiger partial charge in [-0.15, -0.1) is 0 Å². The molecule has 0 saturated heterocycles. The van der Waals surface area contributed by atoms with E-state index in [1.54, 1.807) is 4.68 Å². The lowest BCUT2D eigenvalue weighted by atomic mass is 9.93. The quantitative estimate of drug-likeness (QED) is 0.808. The molecule has 1 aromatic rings. The van der Waals surface area contributed by atoms with Crippen LogP contribution in [0.5, 0.6) is 0 Å². The summed E-state index contributed by atoms with van der Waals surface area (Å²) in [6.45, 7) is 8.12. The number of nitrogens with one attached hydrogen (secondary N) is 1. The van der Waals surface area contributed by atoms with Crippen LogP contribution in [0, 0.1) is 5.92 Å². The fraction of sp³-hybridized carbons (Fsp3) is 0.818. The average Bonchev–Trinajstić information content (AvgIpc) is 2.87. The van der Waals surface area contributed by atoms with Crippen LogP contribution in [0.4, 0.5) is 0 Å². The summed E-state index contributed by atoms with van der Waals surface area (Å²) in [5.41, 5.74) is 0.499. The molecule has 4 nitrogen and oxygen atoms in total. The Morgan fingerprint density at radius 1 is 1.47 bits per heavy atom. The van der Waals surface area contributed by atoms with Gasteiger partial charge in [0.1, 0.15) is 5.69 Å². The van der Waals surface area contributed by atoms with Gasteiger partial charge in [-0.3, -0.25) is 4.79 Å². The maximum absolute atomic E-state index is 12.1. The van der Waals surface area contributed by atoms with Crippen molar-refractivity contribution in [2.24, 2.45) is 5.92 Å². The summed E-state index contributed by atoms with van der Waals surface area (Å²) >= 11 is 0. The van der Waals surface area contributed by atoms with Crippen molar-refractivity contribution in [2.75, 3.05) is 0 Å². The van der Waals surface area contributed by atoms with Crippen molar-refractivity contribution in [3.8, 4) is 0 Å². The summed E-state index contributed by atoms with van der Waals surface area (Å²) in [6.07, 6.45) is 2.47. The largest absolute Gasteiger partial charge is 0.290 e. The molecular formula is C11H19N3O. The number of hydrogen-bond acceptors (Lipinski definition) is 2. The Bertz CT molecular complexity index is 406. The van der Waals surface area contributed by atoms with Gasteiger partial charge in [-0.25, -0.2) is 9.90 Å². The Morgan fingerprint density at radius 3 is 2.47 bits per heavy atom. The summed E-state index contributed by atoms with van der Waals surface area (Å²) in [5.74, 6) is 0.663. The van der Waals surface area contributed by atoms with Crippen LogP contribution in [0.2, 0.25) is 0 Å². The maximum atomic E-state index is 12.1. The molecule has 0 bridgehead atoms. The Labute approximate surface area is 89.7 Å². The lowest BCUT2D eigenvalue weighted by Gasteiger charge is -2.13. The summed E-state index contributed by atoms with van der Waals surface area (Å²) in [6, 6.07) is 0.265. The molecule has 1 atom stereocenters. The van der Waals surface area contributed by atoms with Crippen LogP contribution in [0.15, 0.2) is 4.79 Å². The van der Waals surface area contributed by atoms with Gasteiger partial charge >= 0.3 is 0 Å². The molecule has 0 aliphatic heterocycles. The highest BCUT2D eigenvalue weighted by molar-refractivity contribution is 5.07. The third-order valence-corrected chi connectivity index (χ3v) is 3.11. The second-order valence-electron chi connectivity index (χ2n) is 5.56. The Hall–Kier alpha value is -1.06. The number of aromatic nitrogens is 3. The zero-order chi connectivity index (χ0) is 11.2. The zero-order valence-electron chi connectivity index (χ0n) is 9.87. The molecule has 1 aliphatic rings. The number of rotatable bonds is 2. The van der Waals surface area contributed by atoms with E-state index in [-0.39, 0.29) is 17.0 Å². The van der Waals surface area contributed by atoms with E-state index in [1.165, 1.54) is 12.8 Å². The molecule has 1 N–H and O–H groups in total. The van der Waals surface area contributed by atoms with E-state index in [0.717, 1.165) is 0 Å². The molecule has 2 rings (SSSR count). The summed E-state index contributed by atoms with van der Waals surface area (Å²) < 4.78 is 1.68. The number of H-pyrrole nitrogens is 1. The minimum Gasteiger partial charge on any atom is -0.266 e. The second-order valence-corrected chi connectivity index (χ2v) is 5.56. The van der Waals surface area contributed by atoms with Crippen molar-refractivity contribution in [3.63, 3.8) is 0 Å². The molecular weight excluding hydrogens is 190 g/mol. The minimum absolute atomic E-state index is 0.0434. The normalized spacial score (nSPS) is 19.2. The topological polar surface area (TPSA) is 50.7 Å². The highest BCUT2D eigenvalue weighted by atomic mass is 16.1. The number of hydrogen-bond donors (Lipinski definition) is 1. The van der Waals surface area contributed by atoms with Crippen LogP contribution < -0.4 is 5.56 Å². The first-order chi connectivity index (χ1) is 6.91. The molecule has 1 aliphatic carbocycles. The molecule has 84 valence electrons. The van der Waals surface area contributed by atoms with Crippen LogP contribution in [0.1, 0.15) is 52.3 Å². The van der Waals surface area contributed by atoms with E-state index in [1.807, 2.05) is 20.8 Å². The van der Waals surface area contributed by atoms with Crippen molar-refractivity contribution in [2.45, 2.75) is 52.0 Å². The van der Waals surface area contributed by atoms with E-state index in [0.29, 0.717) is 11.6 Å². The van der Waals surface area contributed by atoms with Crippen molar-refractivity contribution in [1.29, 1.82) is 0 Å². The van der Waals surface area contributed by atoms with E-state index < -0.39 is 0 Å². The molecule has 1 fully saturated rings. The first kappa shape index (κ1) is 10.5. The van der Waals surface area contributed by atoms with Crippen molar-refractivity contribution < 1.29 is 0 Å². The molecule has 4 heteroatoms. The smallest absolute Gasteiger partial charge is 0.266 e. The van der Waals surface area contributed by atoms with Crippen LogP contribution in [0.25, 0.3) is 0 Å². The Morgan fingerprint density at radius 2 is 2.07 bits per heavy atom. The lowest BCUT2D eigenvalue weighted by Crippen LogP contribution is -2.28. The SMILES string of the molecule is CC(C1CC1)n1[nH]nc(C(C)(C)C)c1=O. The Balaban J connectivity index is 2.35. The first-order valence-corrected chi connectivity index (χ1v) is 5.58. The van der Waals surface area contributed by atoms with Gasteiger partial charge in [0.2, 0.25) is 0 Å². The van der Waals surface area contributed by atoms with E-state index >= 15 is 0 Å². The highest BCUT2D eigenvalue weighted by Crippen LogP contribution is 2.38. The molecule has 1 unspecified atom stereocenters. The molecule has 15 heavy (non-hydrogen) atoms. The molecule has 0 amide bonds. The average molecular weight is 209 g/mol. The molecule has 0 spiro atoms. The van der Waals surface area contributed by atoms with Crippen molar-refractivity contribution >= 4 is 0 Å². The van der Waals surface area contributed by atoms with Crippen molar-refractivity contribution in [1.82, 2.24) is 15.0 Å². The fourth-order valence-electron chi connectivity index (χ4n) is 1.87. The first-order valence-electron chi connectivity index (χ1n) is 5.58. The molecule has 1 heterocycles. The van der Waals surface area contributed by atoms with Crippen LogP contribution in [-0.4, -0.2) is 15.0 Å². The van der Waals surface area contributed by atoms with E-state index in [2.05, 4.69) is 17.2 Å². The van der Waals surface area contributed by atoms with Crippen molar-refractivity contribution in [3.05, 3.63) is 16.0 Å². The summed E-state index contributed by atoms with van der Waals surface area (Å²) in [4.78, 5) is 12.1. The Kier molecular flexibility index (Phi) is 2.24. The predicted molar refractivity (Wildman–Crippen MR) is 59.0 cm³/mol. The van der Waals surface area contributed by atoms with Gasteiger partial charge in [-0.2, -0.15) is 5.10 Å². The molecule has 0 aromatic carbocycles. The van der Waals surface area contributed by atoms with Gasteiger partial charge in [-0.05, 0) is 25.7 Å². The standard InChI is InChI=1S/C11H19N3O/c1-7(8-5-6-8)14-10(15)9(12-13-14)11(2,3)4/h7-8,13H,5-6H2,1-4H3.